The van der Waals surface area contributed by atoms with Crippen LogP contribution in [0.5, 0.6) is 0 Å². The molecule has 1 N–H and O–H groups in total. The zero-order chi connectivity index (χ0) is 51.3. The highest BCUT2D eigenvalue weighted by Gasteiger charge is 2.31. The molecule has 2 unspecified atom stereocenters. The molecule has 0 aromatic rings. The Hall–Kier alpha value is -2.45. The van der Waals surface area contributed by atoms with E-state index in [9.17, 15) is 19.5 Å². The van der Waals surface area contributed by atoms with Gasteiger partial charge in [-0.15, -0.1) is 0 Å². The Morgan fingerprint density at radius 1 is 0.429 bits per heavy atom. The van der Waals surface area contributed by atoms with Crippen molar-refractivity contribution in [3.05, 3.63) is 36.5 Å². The van der Waals surface area contributed by atoms with Gasteiger partial charge in [-0.1, -0.05) is 237 Å². The molecule has 0 aliphatic heterocycles. The summed E-state index contributed by atoms with van der Waals surface area (Å²) in [6.45, 7) is 4.77. The van der Waals surface area contributed by atoms with Gasteiger partial charge < -0.3 is 23.8 Å². The Morgan fingerprint density at radius 3 is 1.11 bits per heavy atom. The van der Waals surface area contributed by atoms with E-state index in [2.05, 4.69) is 50.3 Å². The number of carbonyl (C=O) groups excluding carboxylic acids is 2. The van der Waals surface area contributed by atoms with Crippen molar-refractivity contribution in [3.8, 4) is 0 Å². The van der Waals surface area contributed by atoms with E-state index in [1.165, 1.54) is 212 Å². The minimum atomic E-state index is -0.872. The molecule has 2 atom stereocenters. The van der Waals surface area contributed by atoms with Gasteiger partial charge in [0.1, 0.15) is 6.61 Å². The number of ether oxygens (including phenoxy) is 3. The summed E-state index contributed by atoms with van der Waals surface area (Å²) >= 11 is 0. The molecule has 8 nitrogen and oxygen atoms in total. The third-order valence-electron chi connectivity index (χ3n) is 13.8. The summed E-state index contributed by atoms with van der Waals surface area (Å²) in [5.74, 6) is -1.45. The first kappa shape index (κ1) is 67.5. The monoisotopic (exact) mass is 987 g/mol. The van der Waals surface area contributed by atoms with Crippen molar-refractivity contribution >= 4 is 17.9 Å². The normalized spacial score (nSPS) is 13.0. The Kier molecular flexibility index (Phi) is 51.0. The summed E-state index contributed by atoms with van der Waals surface area (Å²) in [7, 11) is 5.55. The first-order valence-electron chi connectivity index (χ1n) is 30.0. The minimum absolute atomic E-state index is 0.0490. The van der Waals surface area contributed by atoms with E-state index in [1.54, 1.807) is 0 Å². The van der Waals surface area contributed by atoms with Crippen LogP contribution in [-0.2, 0) is 28.6 Å². The molecular weight excluding hydrogens is 871 g/mol. The quantitative estimate of drug-likeness (QED) is 0.0280. The number of carboxylic acids is 1. The van der Waals surface area contributed by atoms with E-state index < -0.39 is 18.1 Å². The summed E-state index contributed by atoms with van der Waals surface area (Å²) < 4.78 is 17.4. The molecule has 0 radical (unpaired) electrons. The lowest BCUT2D eigenvalue weighted by molar-refractivity contribution is -0.887. The van der Waals surface area contributed by atoms with E-state index in [1.807, 2.05) is 21.1 Å². The van der Waals surface area contributed by atoms with Gasteiger partial charge in [-0.25, -0.2) is 4.79 Å². The highest BCUT2D eigenvalue weighted by atomic mass is 16.6. The fraction of sp³-hybridized carbons (Fsp3) is 0.855. The molecule has 0 rings (SSSR count). The maximum atomic E-state index is 12.9. The zero-order valence-electron chi connectivity index (χ0n) is 47.0. The summed E-state index contributed by atoms with van der Waals surface area (Å²) in [5, 5.41) is 9.69. The average Bonchev–Trinajstić information content (AvgIpc) is 3.33. The van der Waals surface area contributed by atoms with Crippen molar-refractivity contribution in [1.82, 2.24) is 0 Å². The van der Waals surface area contributed by atoms with Crippen LogP contribution in [0.15, 0.2) is 36.5 Å². The lowest BCUT2D eigenvalue weighted by atomic mass is 10.0. The Balaban J connectivity index is 4.13. The number of carbonyl (C=O) groups is 3. The molecule has 0 aromatic carbocycles. The number of aliphatic carboxylic acids is 1. The lowest BCUT2D eigenvalue weighted by Crippen LogP contribution is -2.50. The highest BCUT2D eigenvalue weighted by Crippen LogP contribution is 2.17. The Labute approximate surface area is 434 Å². The van der Waals surface area contributed by atoms with Crippen LogP contribution in [0, 0.1) is 0 Å². The van der Waals surface area contributed by atoms with Crippen molar-refractivity contribution in [1.29, 1.82) is 0 Å². The van der Waals surface area contributed by atoms with E-state index >= 15 is 0 Å². The largest absolute Gasteiger partial charge is 0.477 e. The SMILES string of the molecule is CCCCCCC/C=C\C/C=C\CCCCCCCCCCCCCC(=O)OC(COCCC(C(=O)O)[N+](C)(C)C)COC(=O)CCCCCCCCCCCCC/C=C\CCCCCCCCCC. The van der Waals surface area contributed by atoms with E-state index in [4.69, 9.17) is 14.2 Å². The van der Waals surface area contributed by atoms with Crippen LogP contribution in [0.1, 0.15) is 290 Å². The molecule has 0 spiro atoms. The highest BCUT2D eigenvalue weighted by molar-refractivity contribution is 5.72. The molecule has 0 fully saturated rings. The molecule has 0 amide bonds. The van der Waals surface area contributed by atoms with E-state index in [0.29, 0.717) is 19.3 Å². The number of rotatable bonds is 55. The standard InChI is InChI=1S/C62H115NO7/c1-6-8-10-12-14-16-18-20-22-24-26-28-30-32-34-36-38-40-42-44-46-48-50-52-60(64)69-57-58(56-68-55-54-59(62(66)67)63(3,4)5)70-61(65)53-51-49-47-45-43-41-39-37-35-33-31-29-27-25-23-21-19-17-15-13-11-9-7-2/h19,21,24-27,58-59H,6-18,20,22-23,28-57H2,1-5H3/p+1/b21-19-,26-24-,27-25-. The minimum Gasteiger partial charge on any atom is -0.477 e. The fourth-order valence-corrected chi connectivity index (χ4v) is 9.12. The number of esters is 2. The average molecular weight is 988 g/mol. The fourth-order valence-electron chi connectivity index (χ4n) is 9.12. The second kappa shape index (κ2) is 52.9. The smallest absolute Gasteiger partial charge is 0.362 e. The van der Waals surface area contributed by atoms with Crippen LogP contribution in [0.3, 0.4) is 0 Å². The van der Waals surface area contributed by atoms with Gasteiger partial charge in [0.2, 0.25) is 0 Å². The van der Waals surface area contributed by atoms with E-state index in [0.717, 1.165) is 44.9 Å². The molecule has 410 valence electrons. The molecule has 0 bridgehead atoms. The topological polar surface area (TPSA) is 99.1 Å². The zero-order valence-corrected chi connectivity index (χ0v) is 47.0. The van der Waals surface area contributed by atoms with Crippen molar-refractivity contribution in [3.63, 3.8) is 0 Å². The van der Waals surface area contributed by atoms with Crippen LogP contribution < -0.4 is 0 Å². The maximum absolute atomic E-state index is 12.9. The number of quaternary nitrogens is 1. The second-order valence-electron chi connectivity index (χ2n) is 21.6. The van der Waals surface area contributed by atoms with Crippen LogP contribution >= 0.6 is 0 Å². The second-order valence-corrected chi connectivity index (χ2v) is 21.6. The molecule has 0 saturated heterocycles. The van der Waals surface area contributed by atoms with Crippen LogP contribution in [0.25, 0.3) is 0 Å². The molecule has 0 saturated carbocycles. The first-order valence-corrected chi connectivity index (χ1v) is 30.0. The van der Waals surface area contributed by atoms with Gasteiger partial charge in [0.25, 0.3) is 0 Å². The molecule has 0 aliphatic rings. The lowest BCUT2D eigenvalue weighted by Gasteiger charge is -2.31. The van der Waals surface area contributed by atoms with Gasteiger partial charge >= 0.3 is 17.9 Å². The maximum Gasteiger partial charge on any atom is 0.362 e. The van der Waals surface area contributed by atoms with Crippen LogP contribution in [0.2, 0.25) is 0 Å². The summed E-state index contributed by atoms with van der Waals surface area (Å²) in [6.07, 6.45) is 65.0. The summed E-state index contributed by atoms with van der Waals surface area (Å²) in [6, 6.07) is -0.615. The van der Waals surface area contributed by atoms with Gasteiger partial charge in [0, 0.05) is 19.3 Å². The number of nitrogens with zero attached hydrogens (tertiary/aromatic N) is 1. The molecule has 0 heterocycles. The molecular formula is C62H116NO7+. The molecule has 0 aliphatic carbocycles. The van der Waals surface area contributed by atoms with Gasteiger partial charge in [-0.05, 0) is 70.6 Å². The number of unbranched alkanes of at least 4 members (excludes halogenated alkanes) is 35. The first-order chi connectivity index (χ1) is 34.1. The van der Waals surface area contributed by atoms with Crippen LogP contribution in [0.4, 0.5) is 0 Å². The Morgan fingerprint density at radius 2 is 0.757 bits per heavy atom. The Bertz CT molecular complexity index is 1240. The summed E-state index contributed by atoms with van der Waals surface area (Å²) in [5.41, 5.74) is 0. The number of hydrogen-bond acceptors (Lipinski definition) is 6. The third kappa shape index (κ3) is 50.5. The molecule has 8 heteroatoms. The summed E-state index contributed by atoms with van der Waals surface area (Å²) in [4.78, 5) is 37.3. The predicted octanol–water partition coefficient (Wildman–Crippen LogP) is 18.1. The van der Waals surface area contributed by atoms with Crippen molar-refractivity contribution in [2.75, 3.05) is 41.0 Å². The molecule has 70 heavy (non-hydrogen) atoms. The number of allylic oxidation sites excluding steroid dienone is 6. The van der Waals surface area contributed by atoms with Crippen LogP contribution in [-0.4, -0.2) is 80.6 Å². The van der Waals surface area contributed by atoms with Crippen molar-refractivity contribution in [2.45, 2.75) is 302 Å². The van der Waals surface area contributed by atoms with Crippen molar-refractivity contribution in [2.24, 2.45) is 0 Å². The molecule has 0 aromatic heterocycles. The van der Waals surface area contributed by atoms with Gasteiger partial charge in [0.05, 0.1) is 34.4 Å². The number of likely N-dealkylation sites (N-methyl/N-ethyl adjacent to an activating group) is 1. The number of hydrogen-bond donors (Lipinski definition) is 1. The van der Waals surface area contributed by atoms with Gasteiger partial charge in [-0.2, -0.15) is 0 Å². The number of carboxylic acid groups (broad SMARTS) is 1. The van der Waals surface area contributed by atoms with Gasteiger partial charge in [-0.3, -0.25) is 9.59 Å². The van der Waals surface area contributed by atoms with E-state index in [-0.39, 0.29) is 36.2 Å². The third-order valence-corrected chi connectivity index (χ3v) is 13.8. The van der Waals surface area contributed by atoms with Crippen molar-refractivity contribution < 1.29 is 38.2 Å². The van der Waals surface area contributed by atoms with Gasteiger partial charge in [0.15, 0.2) is 12.1 Å². The predicted molar refractivity (Wildman–Crippen MR) is 298 cm³/mol.